The van der Waals surface area contributed by atoms with Crippen LogP contribution in [0.5, 0.6) is 0 Å². The van der Waals surface area contributed by atoms with Gasteiger partial charge in [-0.3, -0.25) is 19.2 Å². The molecule has 4 fully saturated rings. The van der Waals surface area contributed by atoms with Crippen LogP contribution in [0.25, 0.3) is 17.0 Å². The van der Waals surface area contributed by atoms with Crippen molar-refractivity contribution in [2.45, 2.75) is 62.3 Å². The number of fused-ring (bicyclic) bond motifs is 1. The number of imide groups is 1. The monoisotopic (exact) mass is 578 g/mol. The van der Waals surface area contributed by atoms with Gasteiger partial charge in [0.2, 0.25) is 0 Å². The molecule has 1 aromatic heterocycles. The minimum absolute atomic E-state index is 0.114. The van der Waals surface area contributed by atoms with Gasteiger partial charge >= 0.3 is 12.4 Å². The van der Waals surface area contributed by atoms with E-state index in [2.05, 4.69) is 10.00 Å². The lowest BCUT2D eigenvalue weighted by molar-refractivity contribution is -0.226. The third kappa shape index (κ3) is 3.73. The molecule has 0 unspecified atom stereocenters. The van der Waals surface area contributed by atoms with Gasteiger partial charge in [-0.2, -0.15) is 31.4 Å². The first-order valence-electron chi connectivity index (χ1n) is 12.6. The van der Waals surface area contributed by atoms with Crippen LogP contribution < -0.4 is 0 Å². The fourth-order valence-corrected chi connectivity index (χ4v) is 7.68. The molecule has 3 aromatic rings. The van der Waals surface area contributed by atoms with Gasteiger partial charge in [-0.05, 0) is 66.1 Å². The lowest BCUT2D eigenvalue weighted by atomic mass is 9.74. The Hall–Kier alpha value is -3.32. The lowest BCUT2D eigenvalue weighted by Crippen LogP contribution is -2.81. The third-order valence-electron chi connectivity index (χ3n) is 8.46. The van der Waals surface area contributed by atoms with Crippen molar-refractivity contribution in [1.82, 2.24) is 19.6 Å². The van der Waals surface area contributed by atoms with E-state index in [9.17, 15) is 35.9 Å². The Balaban J connectivity index is 1.14. The highest BCUT2D eigenvalue weighted by Gasteiger charge is 2.71. The number of amides is 2. The molecule has 5 heterocycles. The Morgan fingerprint density at radius 2 is 1.70 bits per heavy atom. The number of halogens is 6. The summed E-state index contributed by atoms with van der Waals surface area (Å²) in [5, 5.41) is 4.43. The number of alkyl halides is 6. The van der Waals surface area contributed by atoms with Crippen LogP contribution in [0.15, 0.2) is 47.5 Å². The second-order valence-corrected chi connectivity index (χ2v) is 11.7. The first-order chi connectivity index (χ1) is 18.8. The fraction of sp³-hybridized carbons (Fsp3) is 0.370. The SMILES string of the molecule is O=C1S/C(=C\c2ccc3c(cnn3Cc3ccc(C(F)(F)F)cc3C(F)(F)F)c2)C(=O)N1C12C[C@@H]3CC[C@@H](C1)N32. The molecule has 40 heavy (non-hydrogen) atoms. The number of nitrogens with zero attached hydrogens (tertiary/aromatic N) is 4. The van der Waals surface area contributed by atoms with Crippen LogP contribution in [-0.4, -0.2) is 48.5 Å². The van der Waals surface area contributed by atoms with Crippen molar-refractivity contribution in [1.29, 1.82) is 0 Å². The summed E-state index contributed by atoms with van der Waals surface area (Å²) in [6.45, 7) is -0.394. The molecule has 0 saturated carbocycles. The van der Waals surface area contributed by atoms with E-state index in [1.165, 1.54) is 15.8 Å². The summed E-state index contributed by atoms with van der Waals surface area (Å²) in [6, 6.07) is 7.43. The number of carbonyl (C=O) groups is 2. The molecule has 13 heteroatoms. The quantitative estimate of drug-likeness (QED) is 0.262. The van der Waals surface area contributed by atoms with Gasteiger partial charge in [0.05, 0.1) is 34.3 Å². The fourth-order valence-electron chi connectivity index (χ4n) is 6.78. The maximum Gasteiger partial charge on any atom is 0.416 e. The number of piperidine rings is 1. The van der Waals surface area contributed by atoms with E-state index in [1.807, 2.05) is 0 Å². The van der Waals surface area contributed by atoms with Gasteiger partial charge in [0, 0.05) is 30.3 Å². The molecule has 7 rings (SSSR count). The van der Waals surface area contributed by atoms with E-state index in [0.717, 1.165) is 43.5 Å². The molecule has 208 valence electrons. The smallest absolute Gasteiger partial charge is 0.274 e. The van der Waals surface area contributed by atoms with Crippen molar-refractivity contribution in [2.75, 3.05) is 0 Å². The normalized spacial score (nSPS) is 27.4. The number of rotatable bonds is 4. The minimum atomic E-state index is -4.98. The summed E-state index contributed by atoms with van der Waals surface area (Å²) in [5.41, 5.74) is -2.51. The lowest BCUT2D eigenvalue weighted by Gasteiger charge is -2.68. The third-order valence-corrected chi connectivity index (χ3v) is 9.33. The Morgan fingerprint density at radius 3 is 2.38 bits per heavy atom. The molecule has 6 nitrogen and oxygen atoms in total. The maximum absolute atomic E-state index is 13.6. The van der Waals surface area contributed by atoms with Gasteiger partial charge in [0.1, 0.15) is 5.66 Å². The van der Waals surface area contributed by atoms with E-state index < -0.39 is 35.7 Å². The summed E-state index contributed by atoms with van der Waals surface area (Å²) >= 11 is 0.895. The molecule has 4 aliphatic rings. The number of thioether (sulfide) groups is 1. The number of aromatic nitrogens is 2. The van der Waals surface area contributed by atoms with Crippen molar-refractivity contribution in [3.63, 3.8) is 0 Å². The molecule has 4 aliphatic heterocycles. The first-order valence-corrected chi connectivity index (χ1v) is 13.5. The van der Waals surface area contributed by atoms with Crippen LogP contribution in [-0.2, 0) is 23.7 Å². The average molecular weight is 579 g/mol. The van der Waals surface area contributed by atoms with Crippen LogP contribution >= 0.6 is 11.8 Å². The number of hydrogen-bond acceptors (Lipinski definition) is 5. The molecule has 2 amide bonds. The highest BCUT2D eigenvalue weighted by molar-refractivity contribution is 8.18. The second kappa shape index (κ2) is 8.35. The van der Waals surface area contributed by atoms with Crippen molar-refractivity contribution in [3.05, 3.63) is 69.8 Å². The molecular formula is C27H20F6N4O2S. The van der Waals surface area contributed by atoms with Gasteiger partial charge in [0.15, 0.2) is 0 Å². The van der Waals surface area contributed by atoms with Gasteiger partial charge in [-0.25, -0.2) is 4.90 Å². The predicted molar refractivity (Wildman–Crippen MR) is 134 cm³/mol. The zero-order valence-electron chi connectivity index (χ0n) is 20.6. The number of hydrogen-bond donors (Lipinski definition) is 0. The molecule has 0 radical (unpaired) electrons. The first kappa shape index (κ1) is 25.6. The molecular weight excluding hydrogens is 558 g/mol. The summed E-state index contributed by atoms with van der Waals surface area (Å²) in [6.07, 6.45) is -3.01. The zero-order valence-corrected chi connectivity index (χ0v) is 21.4. The van der Waals surface area contributed by atoms with Gasteiger partial charge in [-0.1, -0.05) is 12.1 Å². The van der Waals surface area contributed by atoms with Gasteiger partial charge in [0.25, 0.3) is 11.1 Å². The maximum atomic E-state index is 13.6. The highest BCUT2D eigenvalue weighted by Crippen LogP contribution is 2.61. The van der Waals surface area contributed by atoms with Crippen molar-refractivity contribution in [3.8, 4) is 0 Å². The van der Waals surface area contributed by atoms with E-state index in [-0.39, 0.29) is 22.8 Å². The Morgan fingerprint density at radius 1 is 0.975 bits per heavy atom. The minimum Gasteiger partial charge on any atom is -0.274 e. The standard InChI is InChI=1S/C27H20F6N4O2S/c28-26(29,30)17-3-2-15(20(9-17)27(31,32)33)13-35-21-6-1-14(7-16(21)12-34-35)8-22-23(38)37(24(39)40-22)25-10-18-4-5-19(11-25)36(18)25/h1-3,6-9,12,18-19H,4-5,10-11,13H2/b22-8-/t18-,19-/m0/s1. The van der Waals surface area contributed by atoms with E-state index in [1.54, 1.807) is 24.3 Å². The highest BCUT2D eigenvalue weighted by atomic mass is 32.2. The Labute approximate surface area is 227 Å². The molecule has 2 aromatic carbocycles. The molecule has 2 atom stereocenters. The Bertz CT molecular complexity index is 1610. The zero-order chi connectivity index (χ0) is 28.2. The van der Waals surface area contributed by atoms with Crippen LogP contribution in [0.3, 0.4) is 0 Å². The van der Waals surface area contributed by atoms with Crippen LogP contribution in [0.2, 0.25) is 0 Å². The average Bonchev–Trinajstić information content (AvgIpc) is 3.41. The van der Waals surface area contributed by atoms with E-state index in [0.29, 0.717) is 39.5 Å². The second-order valence-electron chi connectivity index (χ2n) is 10.7. The molecule has 0 bridgehead atoms. The van der Waals surface area contributed by atoms with Gasteiger partial charge in [-0.15, -0.1) is 0 Å². The molecule has 0 aliphatic carbocycles. The Kier molecular flexibility index (Phi) is 5.35. The molecule has 4 saturated heterocycles. The van der Waals surface area contributed by atoms with Crippen molar-refractivity contribution >= 4 is 39.9 Å². The topological polar surface area (TPSA) is 58.4 Å². The largest absolute Gasteiger partial charge is 0.416 e. The van der Waals surface area contributed by atoms with Crippen molar-refractivity contribution in [2.24, 2.45) is 0 Å². The molecule has 0 N–H and O–H groups in total. The van der Waals surface area contributed by atoms with Crippen molar-refractivity contribution < 1.29 is 35.9 Å². The van der Waals surface area contributed by atoms with Crippen LogP contribution in [0.1, 0.15) is 47.9 Å². The van der Waals surface area contributed by atoms with Gasteiger partial charge < -0.3 is 0 Å². The number of carbonyl (C=O) groups excluding carboxylic acids is 2. The summed E-state index contributed by atoms with van der Waals surface area (Å²) in [7, 11) is 0. The summed E-state index contributed by atoms with van der Waals surface area (Å²) in [5.74, 6) is -0.323. The van der Waals surface area contributed by atoms with E-state index >= 15 is 0 Å². The predicted octanol–water partition coefficient (Wildman–Crippen LogP) is 6.50. The molecule has 0 spiro atoms. The van der Waals surface area contributed by atoms with Crippen LogP contribution in [0, 0.1) is 0 Å². The summed E-state index contributed by atoms with van der Waals surface area (Å²) < 4.78 is 81.1. The van der Waals surface area contributed by atoms with E-state index in [4.69, 9.17) is 0 Å². The number of benzene rings is 2. The summed E-state index contributed by atoms with van der Waals surface area (Å²) in [4.78, 5) is 30.1. The van der Waals surface area contributed by atoms with Crippen LogP contribution in [0.4, 0.5) is 31.1 Å².